The molecule has 0 aliphatic heterocycles. The van der Waals surface area contributed by atoms with E-state index in [1.807, 2.05) is 18.7 Å². The molecule has 0 spiro atoms. The fourth-order valence-electron chi connectivity index (χ4n) is 1.90. The van der Waals surface area contributed by atoms with E-state index >= 15 is 0 Å². The van der Waals surface area contributed by atoms with Gasteiger partial charge in [-0.05, 0) is 33.1 Å². The number of aliphatic hydroxyl groups excluding tert-OH is 1. The molecule has 0 aliphatic carbocycles. The lowest BCUT2D eigenvalue weighted by Crippen LogP contribution is -2.37. The Morgan fingerprint density at radius 2 is 1.84 bits per heavy atom. The molecule has 2 amide bonds. The van der Waals surface area contributed by atoms with Crippen LogP contribution in [0.3, 0.4) is 0 Å². The van der Waals surface area contributed by atoms with E-state index in [2.05, 4.69) is 5.32 Å². The zero-order chi connectivity index (χ0) is 14.7. The van der Waals surface area contributed by atoms with Crippen molar-refractivity contribution in [3.8, 4) is 0 Å². The van der Waals surface area contributed by atoms with Crippen molar-refractivity contribution >= 4 is 11.8 Å². The lowest BCUT2D eigenvalue weighted by molar-refractivity contribution is -0.133. The van der Waals surface area contributed by atoms with Crippen LogP contribution < -0.4 is 5.32 Å². The molecular formula is C14H28N2O3. The van der Waals surface area contributed by atoms with E-state index < -0.39 is 0 Å². The Labute approximate surface area is 116 Å². The lowest BCUT2D eigenvalue weighted by Gasteiger charge is -2.26. The summed E-state index contributed by atoms with van der Waals surface area (Å²) < 4.78 is 0. The van der Waals surface area contributed by atoms with Crippen LogP contribution >= 0.6 is 0 Å². The van der Waals surface area contributed by atoms with Gasteiger partial charge in [0.25, 0.3) is 0 Å². The number of hydrogen-bond donors (Lipinski definition) is 2. The number of amides is 2. The molecule has 0 aromatic heterocycles. The SMILES string of the molecule is CC(=O)NCCCCCC(=O)N(CCCO)C(C)C. The van der Waals surface area contributed by atoms with Gasteiger partial charge in [-0.2, -0.15) is 0 Å². The molecule has 5 nitrogen and oxygen atoms in total. The van der Waals surface area contributed by atoms with Gasteiger partial charge in [-0.1, -0.05) is 6.42 Å². The zero-order valence-corrected chi connectivity index (χ0v) is 12.4. The number of carbonyl (C=O) groups excluding carboxylic acids is 2. The van der Waals surface area contributed by atoms with Crippen LogP contribution in [0.4, 0.5) is 0 Å². The topological polar surface area (TPSA) is 69.6 Å². The molecule has 0 saturated carbocycles. The summed E-state index contributed by atoms with van der Waals surface area (Å²) in [6.45, 7) is 6.91. The highest BCUT2D eigenvalue weighted by molar-refractivity contribution is 5.76. The second kappa shape index (κ2) is 10.8. The number of unbranched alkanes of at least 4 members (excludes halogenated alkanes) is 2. The summed E-state index contributed by atoms with van der Waals surface area (Å²) in [7, 11) is 0. The van der Waals surface area contributed by atoms with Crippen LogP contribution in [-0.4, -0.2) is 47.6 Å². The molecule has 0 heterocycles. The number of nitrogens with zero attached hydrogens (tertiary/aromatic N) is 1. The minimum Gasteiger partial charge on any atom is -0.396 e. The van der Waals surface area contributed by atoms with Crippen molar-refractivity contribution < 1.29 is 14.7 Å². The average Bonchev–Trinajstić information content (AvgIpc) is 2.33. The van der Waals surface area contributed by atoms with E-state index in [-0.39, 0.29) is 24.5 Å². The highest BCUT2D eigenvalue weighted by atomic mass is 16.3. The third-order valence-electron chi connectivity index (χ3n) is 2.94. The lowest BCUT2D eigenvalue weighted by atomic mass is 10.1. The van der Waals surface area contributed by atoms with Crippen LogP contribution in [0.25, 0.3) is 0 Å². The van der Waals surface area contributed by atoms with Crippen molar-refractivity contribution in [1.29, 1.82) is 0 Å². The van der Waals surface area contributed by atoms with Crippen LogP contribution in [-0.2, 0) is 9.59 Å². The van der Waals surface area contributed by atoms with Crippen molar-refractivity contribution in [3.05, 3.63) is 0 Å². The van der Waals surface area contributed by atoms with Gasteiger partial charge in [0.2, 0.25) is 11.8 Å². The van der Waals surface area contributed by atoms with Gasteiger partial charge in [0, 0.05) is 39.1 Å². The average molecular weight is 272 g/mol. The second-order valence-electron chi connectivity index (χ2n) is 5.05. The monoisotopic (exact) mass is 272 g/mol. The molecule has 0 saturated heterocycles. The van der Waals surface area contributed by atoms with E-state index in [1.54, 1.807) is 0 Å². The first kappa shape index (κ1) is 17.9. The zero-order valence-electron chi connectivity index (χ0n) is 12.4. The molecule has 0 rings (SSSR count). The Kier molecular flexibility index (Phi) is 10.2. The molecule has 0 atom stereocenters. The molecule has 2 N–H and O–H groups in total. The first-order valence-electron chi connectivity index (χ1n) is 7.13. The molecule has 0 fully saturated rings. The number of aliphatic hydroxyl groups is 1. The maximum absolute atomic E-state index is 12.0. The molecule has 0 aromatic carbocycles. The maximum Gasteiger partial charge on any atom is 0.222 e. The van der Waals surface area contributed by atoms with Crippen molar-refractivity contribution in [2.24, 2.45) is 0 Å². The fraction of sp³-hybridized carbons (Fsp3) is 0.857. The van der Waals surface area contributed by atoms with E-state index in [1.165, 1.54) is 6.92 Å². The highest BCUT2D eigenvalue weighted by Gasteiger charge is 2.15. The van der Waals surface area contributed by atoms with Crippen molar-refractivity contribution in [2.75, 3.05) is 19.7 Å². The highest BCUT2D eigenvalue weighted by Crippen LogP contribution is 2.07. The van der Waals surface area contributed by atoms with Gasteiger partial charge >= 0.3 is 0 Å². The normalized spacial score (nSPS) is 10.6. The largest absolute Gasteiger partial charge is 0.396 e. The third kappa shape index (κ3) is 9.47. The maximum atomic E-state index is 12.0. The van der Waals surface area contributed by atoms with E-state index in [0.29, 0.717) is 25.9 Å². The predicted molar refractivity (Wildman–Crippen MR) is 75.7 cm³/mol. The van der Waals surface area contributed by atoms with Gasteiger partial charge in [0.15, 0.2) is 0 Å². The molecule has 5 heteroatoms. The minimum absolute atomic E-state index is 0.00828. The van der Waals surface area contributed by atoms with Gasteiger partial charge < -0.3 is 15.3 Å². The summed E-state index contributed by atoms with van der Waals surface area (Å²) in [4.78, 5) is 24.5. The predicted octanol–water partition coefficient (Wildman–Crippen LogP) is 1.30. The Bertz CT molecular complexity index is 267. The van der Waals surface area contributed by atoms with Crippen LogP contribution in [0, 0.1) is 0 Å². The van der Waals surface area contributed by atoms with Gasteiger partial charge in [-0.3, -0.25) is 9.59 Å². The third-order valence-corrected chi connectivity index (χ3v) is 2.94. The second-order valence-corrected chi connectivity index (χ2v) is 5.05. The van der Waals surface area contributed by atoms with Gasteiger partial charge in [0.05, 0.1) is 0 Å². The smallest absolute Gasteiger partial charge is 0.222 e. The Morgan fingerprint density at radius 1 is 1.16 bits per heavy atom. The molecule has 0 unspecified atom stereocenters. The number of nitrogens with one attached hydrogen (secondary N) is 1. The Balaban J connectivity index is 3.77. The van der Waals surface area contributed by atoms with Gasteiger partial charge in [0.1, 0.15) is 0 Å². The summed E-state index contributed by atoms with van der Waals surface area (Å²) in [5.74, 6) is 0.147. The van der Waals surface area contributed by atoms with E-state index in [4.69, 9.17) is 5.11 Å². The summed E-state index contributed by atoms with van der Waals surface area (Å²) in [5.41, 5.74) is 0. The van der Waals surface area contributed by atoms with Crippen LogP contribution in [0.15, 0.2) is 0 Å². The summed E-state index contributed by atoms with van der Waals surface area (Å²) in [5, 5.41) is 11.6. The number of hydrogen-bond acceptors (Lipinski definition) is 3. The van der Waals surface area contributed by atoms with Crippen LogP contribution in [0.5, 0.6) is 0 Å². The van der Waals surface area contributed by atoms with E-state index in [0.717, 1.165) is 19.3 Å². The summed E-state index contributed by atoms with van der Waals surface area (Å²) in [6.07, 6.45) is 3.88. The summed E-state index contributed by atoms with van der Waals surface area (Å²) in [6, 6.07) is 0.179. The fourth-order valence-corrected chi connectivity index (χ4v) is 1.90. The van der Waals surface area contributed by atoms with Crippen molar-refractivity contribution in [1.82, 2.24) is 10.2 Å². The van der Waals surface area contributed by atoms with Crippen molar-refractivity contribution in [3.63, 3.8) is 0 Å². The minimum atomic E-state index is -0.00828. The Morgan fingerprint density at radius 3 is 2.37 bits per heavy atom. The summed E-state index contributed by atoms with van der Waals surface area (Å²) >= 11 is 0. The molecule has 0 radical (unpaired) electrons. The van der Waals surface area contributed by atoms with Crippen molar-refractivity contribution in [2.45, 2.75) is 58.9 Å². The van der Waals surface area contributed by atoms with Crippen LogP contribution in [0.1, 0.15) is 52.9 Å². The molecule has 0 bridgehead atoms. The van der Waals surface area contributed by atoms with Gasteiger partial charge in [-0.25, -0.2) is 0 Å². The van der Waals surface area contributed by atoms with E-state index in [9.17, 15) is 9.59 Å². The first-order chi connectivity index (χ1) is 8.99. The first-order valence-corrected chi connectivity index (χ1v) is 7.13. The standard InChI is InChI=1S/C14H28N2O3/c1-12(2)16(10-7-11-17)14(19)8-5-4-6-9-15-13(3)18/h12,17H,4-11H2,1-3H3,(H,15,18). The number of rotatable bonds is 10. The molecule has 0 aliphatic rings. The van der Waals surface area contributed by atoms with Gasteiger partial charge in [-0.15, -0.1) is 0 Å². The molecule has 0 aromatic rings. The molecule has 19 heavy (non-hydrogen) atoms. The molecule has 112 valence electrons. The number of carbonyl (C=O) groups is 2. The molecular weight excluding hydrogens is 244 g/mol. The Hall–Kier alpha value is -1.10. The van der Waals surface area contributed by atoms with Crippen LogP contribution in [0.2, 0.25) is 0 Å². The quantitative estimate of drug-likeness (QED) is 0.589.